The molecule has 2 atom stereocenters. The first kappa shape index (κ1) is 45.0. The van der Waals surface area contributed by atoms with E-state index in [2.05, 4.69) is 12.0 Å². The molecule has 0 amide bonds. The summed E-state index contributed by atoms with van der Waals surface area (Å²) in [4.78, 5) is 13.4. The van der Waals surface area contributed by atoms with Gasteiger partial charge in [0.15, 0.2) is 0 Å². The SMILES string of the molecule is CCCCCCCCCCCCCCCCCCCCCOC(=O)[C@H](Cc1ccccc1)NP(=O)(Oc1ccccc1)Oc1c(F)c(F)c(F)c(F)c1F. The van der Waals surface area contributed by atoms with Crippen molar-refractivity contribution in [3.8, 4) is 11.5 Å². The topological polar surface area (TPSA) is 73.9 Å². The third-order valence-electron chi connectivity index (χ3n) is 9.22. The van der Waals surface area contributed by atoms with Gasteiger partial charge in [0, 0.05) is 0 Å². The van der Waals surface area contributed by atoms with Gasteiger partial charge in [-0.1, -0.05) is 171 Å². The standard InChI is InChI=1S/C42H57F5NO5P/c1-2-3-4-5-6-7-8-9-10-11-12-13-14-15-16-17-18-19-26-31-51-42(49)35(32-33-27-22-20-23-28-33)48-54(50,52-34-29-24-21-25-30-34)53-41-39(46)37(44)36(43)38(45)40(41)47/h20-25,27-30,35H,2-19,26,31-32H2,1H3,(H,48,50)/t35-,54?/m0/s1. The zero-order valence-corrected chi connectivity index (χ0v) is 32.5. The van der Waals surface area contributed by atoms with Gasteiger partial charge in [0.05, 0.1) is 6.61 Å². The van der Waals surface area contributed by atoms with E-state index in [9.17, 15) is 31.3 Å². The van der Waals surface area contributed by atoms with Crippen molar-refractivity contribution in [2.75, 3.05) is 6.61 Å². The Bertz CT molecular complexity index is 1520. The van der Waals surface area contributed by atoms with Crippen LogP contribution in [-0.4, -0.2) is 18.6 Å². The molecule has 3 aromatic carbocycles. The van der Waals surface area contributed by atoms with Gasteiger partial charge in [0.25, 0.3) is 0 Å². The van der Waals surface area contributed by atoms with Crippen LogP contribution in [-0.2, 0) is 20.5 Å². The summed E-state index contributed by atoms with van der Waals surface area (Å²) in [5.41, 5.74) is 0.595. The van der Waals surface area contributed by atoms with E-state index in [1.165, 1.54) is 114 Å². The molecule has 54 heavy (non-hydrogen) atoms. The number of para-hydroxylation sites is 1. The van der Waals surface area contributed by atoms with E-state index in [-0.39, 0.29) is 18.8 Å². The number of ether oxygens (including phenoxy) is 1. The molecule has 0 aliphatic rings. The number of hydrogen-bond acceptors (Lipinski definition) is 5. The first-order chi connectivity index (χ1) is 26.1. The van der Waals surface area contributed by atoms with Gasteiger partial charge in [0.1, 0.15) is 11.8 Å². The van der Waals surface area contributed by atoms with Gasteiger partial charge in [-0.15, -0.1) is 0 Å². The summed E-state index contributed by atoms with van der Waals surface area (Å²) in [7, 11) is -5.09. The molecule has 0 radical (unpaired) electrons. The Morgan fingerprint density at radius 2 is 0.981 bits per heavy atom. The van der Waals surface area contributed by atoms with Crippen LogP contribution >= 0.6 is 7.75 Å². The number of carbonyl (C=O) groups is 1. The lowest BCUT2D eigenvalue weighted by atomic mass is 10.0. The normalized spacial score (nSPS) is 13.0. The fraction of sp³-hybridized carbons (Fsp3) is 0.548. The molecule has 12 heteroatoms. The average Bonchev–Trinajstić information content (AvgIpc) is 3.17. The maximum absolute atomic E-state index is 14.6. The molecule has 0 aliphatic heterocycles. The molecular weight excluding hydrogens is 724 g/mol. The highest BCUT2D eigenvalue weighted by atomic mass is 31.2. The van der Waals surface area contributed by atoms with E-state index in [1.54, 1.807) is 36.4 Å². The predicted molar refractivity (Wildman–Crippen MR) is 203 cm³/mol. The molecule has 0 heterocycles. The summed E-state index contributed by atoms with van der Waals surface area (Å²) in [5.74, 6) is -14.5. The van der Waals surface area contributed by atoms with Gasteiger partial charge in [-0.2, -0.15) is 13.9 Å². The summed E-state index contributed by atoms with van der Waals surface area (Å²) in [6, 6.07) is 14.3. The molecule has 0 saturated carbocycles. The Morgan fingerprint density at radius 1 is 0.574 bits per heavy atom. The Balaban J connectivity index is 1.46. The quantitative estimate of drug-likeness (QED) is 0.0189. The Morgan fingerprint density at radius 3 is 1.44 bits per heavy atom. The monoisotopic (exact) mass is 781 g/mol. The lowest BCUT2D eigenvalue weighted by Gasteiger charge is -2.25. The van der Waals surface area contributed by atoms with Crippen molar-refractivity contribution in [3.63, 3.8) is 0 Å². The highest BCUT2D eigenvalue weighted by Gasteiger charge is 2.39. The molecule has 0 spiro atoms. The van der Waals surface area contributed by atoms with Crippen molar-refractivity contribution < 1.29 is 45.1 Å². The van der Waals surface area contributed by atoms with E-state index in [4.69, 9.17) is 13.8 Å². The summed E-state index contributed by atoms with van der Waals surface area (Å²) < 4.78 is 101. The van der Waals surface area contributed by atoms with E-state index in [0.29, 0.717) is 12.0 Å². The smallest absolute Gasteiger partial charge is 0.465 e. The third kappa shape index (κ3) is 16.5. The second-order valence-corrected chi connectivity index (χ2v) is 15.4. The molecule has 0 aromatic heterocycles. The molecular formula is C42H57F5NO5P. The highest BCUT2D eigenvalue weighted by Crippen LogP contribution is 2.48. The fourth-order valence-electron chi connectivity index (χ4n) is 6.15. The largest absolute Gasteiger partial charge is 0.513 e. The van der Waals surface area contributed by atoms with Crippen molar-refractivity contribution in [3.05, 3.63) is 95.3 Å². The predicted octanol–water partition coefficient (Wildman–Crippen LogP) is 13.1. The van der Waals surface area contributed by atoms with Crippen molar-refractivity contribution in [1.29, 1.82) is 0 Å². The van der Waals surface area contributed by atoms with Crippen LogP contribution in [0.2, 0.25) is 0 Å². The number of carbonyl (C=O) groups excluding carboxylic acids is 1. The van der Waals surface area contributed by atoms with Crippen LogP contribution in [0.15, 0.2) is 60.7 Å². The van der Waals surface area contributed by atoms with Crippen molar-refractivity contribution in [1.82, 2.24) is 5.09 Å². The van der Waals surface area contributed by atoms with Gasteiger partial charge in [-0.05, 0) is 30.5 Å². The summed E-state index contributed by atoms with van der Waals surface area (Å²) >= 11 is 0. The number of unbranched alkanes of at least 4 members (excludes halogenated alkanes) is 18. The van der Waals surface area contributed by atoms with Crippen LogP contribution in [0.5, 0.6) is 11.5 Å². The summed E-state index contributed by atoms with van der Waals surface area (Å²) in [5, 5.41) is 2.36. The van der Waals surface area contributed by atoms with Gasteiger partial charge < -0.3 is 13.8 Å². The second-order valence-electron chi connectivity index (χ2n) is 13.8. The highest BCUT2D eigenvalue weighted by molar-refractivity contribution is 7.52. The zero-order valence-electron chi connectivity index (χ0n) is 31.6. The Kier molecular flexibility index (Phi) is 21.3. The summed E-state index contributed by atoms with van der Waals surface area (Å²) in [6.45, 7) is 2.31. The fourth-order valence-corrected chi connectivity index (χ4v) is 7.67. The maximum Gasteiger partial charge on any atom is 0.513 e. The van der Waals surface area contributed by atoms with Crippen LogP contribution < -0.4 is 14.1 Å². The average molecular weight is 782 g/mol. The van der Waals surface area contributed by atoms with Gasteiger partial charge in [-0.3, -0.25) is 4.79 Å². The minimum atomic E-state index is -5.09. The molecule has 0 bridgehead atoms. The molecule has 0 saturated heterocycles. The van der Waals surface area contributed by atoms with Crippen molar-refractivity contribution in [2.45, 2.75) is 141 Å². The minimum Gasteiger partial charge on any atom is -0.465 e. The number of rotatable bonds is 29. The molecule has 1 N–H and O–H groups in total. The number of esters is 1. The van der Waals surface area contributed by atoms with E-state index < -0.39 is 54.6 Å². The van der Waals surface area contributed by atoms with Crippen LogP contribution in [0.3, 0.4) is 0 Å². The number of halogens is 5. The molecule has 0 fully saturated rings. The molecule has 6 nitrogen and oxygen atoms in total. The molecule has 3 rings (SSSR count). The van der Waals surface area contributed by atoms with Crippen LogP contribution in [0, 0.1) is 29.1 Å². The van der Waals surface area contributed by atoms with Gasteiger partial charge in [0.2, 0.25) is 34.8 Å². The molecule has 0 aliphatic carbocycles. The van der Waals surface area contributed by atoms with Crippen molar-refractivity contribution in [2.24, 2.45) is 0 Å². The lowest BCUT2D eigenvalue weighted by Crippen LogP contribution is -2.40. The first-order valence-electron chi connectivity index (χ1n) is 19.7. The molecule has 1 unspecified atom stereocenters. The minimum absolute atomic E-state index is 0.0625. The summed E-state index contributed by atoms with van der Waals surface area (Å²) in [6.07, 6.45) is 23.1. The first-order valence-corrected chi connectivity index (χ1v) is 21.2. The second kappa shape index (κ2) is 25.6. The lowest BCUT2D eigenvalue weighted by molar-refractivity contribution is -0.145. The Labute approximate surface area is 318 Å². The number of nitrogens with one attached hydrogen (secondary N) is 1. The van der Waals surface area contributed by atoms with Crippen molar-refractivity contribution >= 4 is 13.7 Å². The molecule has 3 aromatic rings. The van der Waals surface area contributed by atoms with Crippen LogP contribution in [0.25, 0.3) is 0 Å². The van der Waals surface area contributed by atoms with Gasteiger partial charge >= 0.3 is 13.7 Å². The third-order valence-corrected chi connectivity index (χ3v) is 10.7. The van der Waals surface area contributed by atoms with Crippen LogP contribution in [0.4, 0.5) is 22.0 Å². The van der Waals surface area contributed by atoms with E-state index >= 15 is 0 Å². The molecule has 300 valence electrons. The van der Waals surface area contributed by atoms with E-state index in [0.717, 1.165) is 25.7 Å². The van der Waals surface area contributed by atoms with Crippen LogP contribution in [0.1, 0.15) is 134 Å². The number of benzene rings is 3. The Hall–Kier alpha value is -3.43. The zero-order chi connectivity index (χ0) is 39.0. The maximum atomic E-state index is 14.6. The van der Waals surface area contributed by atoms with E-state index in [1.807, 2.05) is 0 Å². The van der Waals surface area contributed by atoms with Gasteiger partial charge in [-0.25, -0.2) is 17.7 Å². The number of hydrogen-bond donors (Lipinski definition) is 1.